The van der Waals surface area contributed by atoms with Gasteiger partial charge in [0.05, 0.1) is 29.2 Å². The highest BCUT2D eigenvalue weighted by molar-refractivity contribution is 6.04. The molecule has 0 radical (unpaired) electrons. The predicted molar refractivity (Wildman–Crippen MR) is 101 cm³/mol. The molecule has 0 fully saturated rings. The van der Waals surface area contributed by atoms with E-state index >= 15 is 0 Å². The summed E-state index contributed by atoms with van der Waals surface area (Å²) in [6, 6.07) is 7.18. The van der Waals surface area contributed by atoms with E-state index in [1.807, 2.05) is 37.6 Å². The van der Waals surface area contributed by atoms with Crippen LogP contribution in [-0.4, -0.2) is 17.3 Å². The van der Waals surface area contributed by atoms with Crippen molar-refractivity contribution in [2.75, 3.05) is 12.8 Å². The number of hydrogen-bond acceptors (Lipinski definition) is 4. The fourth-order valence-electron chi connectivity index (χ4n) is 3.58. The van der Waals surface area contributed by atoms with Crippen molar-refractivity contribution in [3.63, 3.8) is 0 Å². The monoisotopic (exact) mass is 336 g/mol. The lowest BCUT2D eigenvalue weighted by Gasteiger charge is -2.29. The molecule has 0 aliphatic carbocycles. The van der Waals surface area contributed by atoms with Crippen LogP contribution in [-0.2, 0) is 7.05 Å². The Balaban J connectivity index is 2.29. The van der Waals surface area contributed by atoms with Crippen LogP contribution in [0.3, 0.4) is 0 Å². The molecule has 0 unspecified atom stereocenters. The molecule has 1 aliphatic heterocycles. The summed E-state index contributed by atoms with van der Waals surface area (Å²) in [5, 5.41) is 1.11. The Morgan fingerprint density at radius 3 is 2.72 bits per heavy atom. The molecule has 2 aromatic carbocycles. The Hall–Kier alpha value is -2.95. The van der Waals surface area contributed by atoms with Gasteiger partial charge in [-0.3, -0.25) is 4.79 Å². The van der Waals surface area contributed by atoms with E-state index in [4.69, 9.17) is 15.2 Å². The molecule has 5 nitrogen and oxygen atoms in total. The topological polar surface area (TPSA) is 66.5 Å². The van der Waals surface area contributed by atoms with Crippen LogP contribution in [0.2, 0.25) is 0 Å². The summed E-state index contributed by atoms with van der Waals surface area (Å²) in [5.74, 6) is 1.20. The Bertz CT molecular complexity index is 1120. The van der Waals surface area contributed by atoms with E-state index in [1.165, 1.54) is 0 Å². The average Bonchev–Trinajstić information content (AvgIpc) is 2.56. The highest BCUT2D eigenvalue weighted by atomic mass is 16.5. The summed E-state index contributed by atoms with van der Waals surface area (Å²) in [6.07, 6.45) is 4.00. The maximum atomic E-state index is 13.2. The minimum atomic E-state index is -0.416. The van der Waals surface area contributed by atoms with Gasteiger partial charge in [-0.25, -0.2) is 0 Å². The second-order valence-electron chi connectivity index (χ2n) is 6.88. The van der Waals surface area contributed by atoms with Crippen LogP contribution in [0.1, 0.15) is 19.4 Å². The highest BCUT2D eigenvalue weighted by Crippen LogP contribution is 2.41. The molecule has 0 bridgehead atoms. The first-order chi connectivity index (χ1) is 11.8. The zero-order valence-corrected chi connectivity index (χ0v) is 14.7. The summed E-state index contributed by atoms with van der Waals surface area (Å²) >= 11 is 0. The second-order valence-corrected chi connectivity index (χ2v) is 6.88. The van der Waals surface area contributed by atoms with E-state index < -0.39 is 5.60 Å². The Morgan fingerprint density at radius 2 is 2.00 bits per heavy atom. The van der Waals surface area contributed by atoms with Gasteiger partial charge in [-0.15, -0.1) is 0 Å². The van der Waals surface area contributed by atoms with Crippen LogP contribution < -0.4 is 20.6 Å². The molecule has 5 heteroatoms. The Labute approximate surface area is 145 Å². The van der Waals surface area contributed by atoms with E-state index in [2.05, 4.69) is 0 Å². The summed E-state index contributed by atoms with van der Waals surface area (Å²) in [6.45, 7) is 3.97. The SMILES string of the molecule is COc1cc2c(c3c1c(=O)c1cccc(N)c1n3C)C=CC(C)(C)O2. The smallest absolute Gasteiger partial charge is 0.201 e. The third-order valence-electron chi connectivity index (χ3n) is 4.72. The van der Waals surface area contributed by atoms with Crippen molar-refractivity contribution in [3.8, 4) is 11.5 Å². The molecular weight excluding hydrogens is 316 g/mol. The third-order valence-corrected chi connectivity index (χ3v) is 4.72. The number of aryl methyl sites for hydroxylation is 1. The molecule has 0 spiro atoms. The van der Waals surface area contributed by atoms with Crippen LogP contribution >= 0.6 is 0 Å². The van der Waals surface area contributed by atoms with Crippen LogP contribution in [0.4, 0.5) is 5.69 Å². The molecule has 0 amide bonds. The maximum absolute atomic E-state index is 13.2. The van der Waals surface area contributed by atoms with Gasteiger partial charge in [0.25, 0.3) is 0 Å². The van der Waals surface area contributed by atoms with Crippen molar-refractivity contribution in [1.82, 2.24) is 4.57 Å². The zero-order chi connectivity index (χ0) is 17.9. The first kappa shape index (κ1) is 15.6. The van der Waals surface area contributed by atoms with Gasteiger partial charge in [0.2, 0.25) is 5.43 Å². The molecular formula is C20H20N2O3. The number of ether oxygens (including phenoxy) is 2. The number of benzene rings is 2. The van der Waals surface area contributed by atoms with Gasteiger partial charge in [-0.1, -0.05) is 6.07 Å². The summed E-state index contributed by atoms with van der Waals surface area (Å²) in [5.41, 5.74) is 8.56. The largest absolute Gasteiger partial charge is 0.496 e. The number of anilines is 1. The molecule has 0 saturated heterocycles. The summed E-state index contributed by atoms with van der Waals surface area (Å²) in [4.78, 5) is 13.2. The molecule has 128 valence electrons. The van der Waals surface area contributed by atoms with Crippen LogP contribution in [0.15, 0.2) is 35.1 Å². The maximum Gasteiger partial charge on any atom is 0.201 e. The zero-order valence-electron chi connectivity index (χ0n) is 14.7. The first-order valence-electron chi connectivity index (χ1n) is 8.14. The molecule has 4 rings (SSSR count). The van der Waals surface area contributed by atoms with E-state index in [0.29, 0.717) is 33.5 Å². The lowest BCUT2D eigenvalue weighted by Crippen LogP contribution is -2.28. The third kappa shape index (κ3) is 2.12. The minimum Gasteiger partial charge on any atom is -0.496 e. The summed E-state index contributed by atoms with van der Waals surface area (Å²) in [7, 11) is 3.47. The van der Waals surface area contributed by atoms with Crippen molar-refractivity contribution in [2.24, 2.45) is 7.05 Å². The number of nitrogens with zero attached hydrogens (tertiary/aromatic N) is 1. The first-order valence-corrected chi connectivity index (χ1v) is 8.14. The second kappa shape index (κ2) is 5.02. The van der Waals surface area contributed by atoms with Gasteiger partial charge in [0, 0.05) is 24.1 Å². The van der Waals surface area contributed by atoms with Gasteiger partial charge in [0.1, 0.15) is 17.1 Å². The van der Waals surface area contributed by atoms with E-state index in [0.717, 1.165) is 11.1 Å². The van der Waals surface area contributed by atoms with Gasteiger partial charge >= 0.3 is 0 Å². The molecule has 2 heterocycles. The lowest BCUT2D eigenvalue weighted by molar-refractivity contribution is 0.159. The molecule has 1 aromatic heterocycles. The normalized spacial score (nSPS) is 15.2. The van der Waals surface area contributed by atoms with Crippen molar-refractivity contribution in [1.29, 1.82) is 0 Å². The van der Waals surface area contributed by atoms with Gasteiger partial charge < -0.3 is 19.8 Å². The molecule has 0 atom stereocenters. The number of para-hydroxylation sites is 1. The van der Waals surface area contributed by atoms with Crippen LogP contribution in [0, 0.1) is 0 Å². The highest BCUT2D eigenvalue weighted by Gasteiger charge is 2.27. The number of rotatable bonds is 1. The number of pyridine rings is 1. The quantitative estimate of drug-likeness (QED) is 0.546. The predicted octanol–water partition coefficient (Wildman–Crippen LogP) is 3.47. The Morgan fingerprint density at radius 1 is 1.24 bits per heavy atom. The standard InChI is InChI=1S/C20H20N2O3/c1-20(2)9-8-11-14(25-20)10-15(24-4)16-18(11)22(3)17-12(19(16)23)6-5-7-13(17)21/h5-10H,21H2,1-4H3. The average molecular weight is 336 g/mol. The van der Waals surface area contributed by atoms with Crippen molar-refractivity contribution < 1.29 is 9.47 Å². The van der Waals surface area contributed by atoms with E-state index in [-0.39, 0.29) is 5.43 Å². The fraction of sp³-hybridized carbons (Fsp3) is 0.250. The molecule has 25 heavy (non-hydrogen) atoms. The van der Waals surface area contributed by atoms with Gasteiger partial charge in [-0.2, -0.15) is 0 Å². The van der Waals surface area contributed by atoms with E-state index in [1.54, 1.807) is 31.4 Å². The molecule has 1 aliphatic rings. The number of hydrogen-bond donors (Lipinski definition) is 1. The van der Waals surface area contributed by atoms with Crippen molar-refractivity contribution in [2.45, 2.75) is 19.4 Å². The fourth-order valence-corrected chi connectivity index (χ4v) is 3.58. The number of nitrogens with two attached hydrogens (primary N) is 1. The van der Waals surface area contributed by atoms with Crippen LogP contribution in [0.25, 0.3) is 27.9 Å². The number of nitrogen functional groups attached to an aromatic ring is 1. The van der Waals surface area contributed by atoms with E-state index in [9.17, 15) is 4.79 Å². The van der Waals surface area contributed by atoms with Gasteiger partial charge in [-0.05, 0) is 38.1 Å². The van der Waals surface area contributed by atoms with Crippen molar-refractivity contribution in [3.05, 3.63) is 46.1 Å². The lowest BCUT2D eigenvalue weighted by atomic mass is 9.98. The van der Waals surface area contributed by atoms with Crippen molar-refractivity contribution >= 4 is 33.6 Å². The number of fused-ring (bicyclic) bond motifs is 4. The number of aromatic nitrogens is 1. The molecule has 3 aromatic rings. The van der Waals surface area contributed by atoms with Crippen LogP contribution in [0.5, 0.6) is 11.5 Å². The number of methoxy groups -OCH3 is 1. The van der Waals surface area contributed by atoms with Gasteiger partial charge in [0.15, 0.2) is 0 Å². The Kier molecular flexibility index (Phi) is 3.13. The molecule has 0 saturated carbocycles. The minimum absolute atomic E-state index is 0.0896. The molecule has 2 N–H and O–H groups in total. The summed E-state index contributed by atoms with van der Waals surface area (Å²) < 4.78 is 13.6.